The maximum absolute atomic E-state index is 5.38. The van der Waals surface area contributed by atoms with Crippen molar-refractivity contribution in [3.05, 3.63) is 22.2 Å². The van der Waals surface area contributed by atoms with Crippen LogP contribution in [0.2, 0.25) is 0 Å². The topological polar surface area (TPSA) is 21.7 Å². The van der Waals surface area contributed by atoms with E-state index in [1.165, 1.54) is 25.1 Å². The van der Waals surface area contributed by atoms with E-state index in [0.29, 0.717) is 0 Å². The van der Waals surface area contributed by atoms with E-state index in [0.717, 1.165) is 22.5 Å². The number of benzene rings is 1. The lowest BCUT2D eigenvalue weighted by atomic mass is 10.1. The third kappa shape index (κ3) is 2.33. The summed E-state index contributed by atoms with van der Waals surface area (Å²) in [4.78, 5) is 2.39. The molecule has 0 amide bonds. The number of nitrogens with zero attached hydrogens (tertiary/aromatic N) is 1. The van der Waals surface area contributed by atoms with Crippen LogP contribution >= 0.6 is 15.9 Å². The lowest BCUT2D eigenvalue weighted by Gasteiger charge is -2.31. The van der Waals surface area contributed by atoms with Crippen LogP contribution in [0.4, 0.5) is 0 Å². The Hall–Kier alpha value is -0.740. The van der Waals surface area contributed by atoms with Crippen LogP contribution in [0.25, 0.3) is 0 Å². The standard InChI is InChI=1S/C12H16BrNO2/c1-15-11-7-10(13)12(16-2)6-9(11)8-14-4-3-5-14/h6-7H,3-5,8H2,1-2H3. The molecule has 4 heteroatoms. The lowest BCUT2D eigenvalue weighted by molar-refractivity contribution is 0.170. The van der Waals surface area contributed by atoms with Gasteiger partial charge in [-0.25, -0.2) is 0 Å². The second kappa shape index (κ2) is 5.06. The summed E-state index contributed by atoms with van der Waals surface area (Å²) in [5, 5.41) is 0. The minimum atomic E-state index is 0.858. The van der Waals surface area contributed by atoms with Crippen LogP contribution in [-0.4, -0.2) is 32.2 Å². The van der Waals surface area contributed by atoms with Gasteiger partial charge in [0.25, 0.3) is 0 Å². The smallest absolute Gasteiger partial charge is 0.133 e. The zero-order valence-electron chi connectivity index (χ0n) is 9.62. The summed E-state index contributed by atoms with van der Waals surface area (Å²) in [6.07, 6.45) is 1.30. The van der Waals surface area contributed by atoms with Gasteiger partial charge in [0.1, 0.15) is 11.5 Å². The summed E-state index contributed by atoms with van der Waals surface area (Å²) in [5.74, 6) is 1.77. The highest BCUT2D eigenvalue weighted by Gasteiger charge is 2.17. The van der Waals surface area contributed by atoms with E-state index in [2.05, 4.69) is 20.8 Å². The molecule has 88 valence electrons. The molecule has 1 fully saturated rings. The normalized spacial score (nSPS) is 15.7. The molecule has 0 spiro atoms. The highest BCUT2D eigenvalue weighted by molar-refractivity contribution is 9.10. The third-order valence-corrected chi connectivity index (χ3v) is 3.52. The lowest BCUT2D eigenvalue weighted by Crippen LogP contribution is -2.36. The van der Waals surface area contributed by atoms with Crippen molar-refractivity contribution in [2.45, 2.75) is 13.0 Å². The number of hydrogen-bond donors (Lipinski definition) is 0. The first kappa shape index (κ1) is 11.7. The summed E-state index contributed by atoms with van der Waals surface area (Å²) in [6.45, 7) is 3.30. The molecule has 0 bridgehead atoms. The molecule has 3 nitrogen and oxygen atoms in total. The van der Waals surface area contributed by atoms with Crippen LogP contribution in [0.5, 0.6) is 11.5 Å². The number of halogens is 1. The maximum atomic E-state index is 5.38. The van der Waals surface area contributed by atoms with E-state index < -0.39 is 0 Å². The van der Waals surface area contributed by atoms with Crippen molar-refractivity contribution in [2.24, 2.45) is 0 Å². The van der Waals surface area contributed by atoms with Crippen molar-refractivity contribution in [3.63, 3.8) is 0 Å². The molecule has 2 rings (SSSR count). The summed E-state index contributed by atoms with van der Waals surface area (Å²) in [6, 6.07) is 4.01. The molecule has 1 aliphatic rings. The van der Waals surface area contributed by atoms with Crippen molar-refractivity contribution in [1.29, 1.82) is 0 Å². The van der Waals surface area contributed by atoms with Crippen molar-refractivity contribution < 1.29 is 9.47 Å². The molecule has 1 heterocycles. The Balaban J connectivity index is 2.25. The molecule has 1 aliphatic heterocycles. The molecule has 0 aromatic heterocycles. The minimum Gasteiger partial charge on any atom is -0.496 e. The zero-order valence-corrected chi connectivity index (χ0v) is 11.2. The highest BCUT2D eigenvalue weighted by Crippen LogP contribution is 2.33. The molecule has 0 radical (unpaired) electrons. The number of hydrogen-bond acceptors (Lipinski definition) is 3. The van der Waals surface area contributed by atoms with Crippen LogP contribution in [0, 0.1) is 0 Å². The predicted octanol–water partition coefficient (Wildman–Crippen LogP) is 2.67. The Kier molecular flexibility index (Phi) is 3.71. The Morgan fingerprint density at radius 2 is 1.88 bits per heavy atom. The molecule has 0 aliphatic carbocycles. The van der Waals surface area contributed by atoms with Gasteiger partial charge in [0.05, 0.1) is 18.7 Å². The second-order valence-corrected chi connectivity index (χ2v) is 4.78. The molecule has 1 aromatic rings. The van der Waals surface area contributed by atoms with Gasteiger partial charge in [0.15, 0.2) is 0 Å². The summed E-state index contributed by atoms with van der Waals surface area (Å²) >= 11 is 3.46. The largest absolute Gasteiger partial charge is 0.496 e. The molecule has 0 atom stereocenters. The minimum absolute atomic E-state index is 0.858. The van der Waals surface area contributed by atoms with Crippen LogP contribution in [0.1, 0.15) is 12.0 Å². The average Bonchev–Trinajstić information content (AvgIpc) is 2.24. The Labute approximate surface area is 104 Å². The van der Waals surface area contributed by atoms with Crippen LogP contribution in [0.15, 0.2) is 16.6 Å². The van der Waals surface area contributed by atoms with Crippen LogP contribution in [0.3, 0.4) is 0 Å². The number of rotatable bonds is 4. The van der Waals surface area contributed by atoms with E-state index in [-0.39, 0.29) is 0 Å². The van der Waals surface area contributed by atoms with Crippen molar-refractivity contribution in [3.8, 4) is 11.5 Å². The van der Waals surface area contributed by atoms with E-state index in [4.69, 9.17) is 9.47 Å². The van der Waals surface area contributed by atoms with Gasteiger partial charge in [0.2, 0.25) is 0 Å². The summed E-state index contributed by atoms with van der Waals surface area (Å²) < 4.78 is 11.6. The van der Waals surface area contributed by atoms with Crippen LogP contribution in [-0.2, 0) is 6.54 Å². The monoisotopic (exact) mass is 285 g/mol. The zero-order chi connectivity index (χ0) is 11.5. The number of methoxy groups -OCH3 is 2. The van der Waals surface area contributed by atoms with E-state index in [1.807, 2.05) is 12.1 Å². The van der Waals surface area contributed by atoms with Gasteiger partial charge in [-0.3, -0.25) is 4.90 Å². The van der Waals surface area contributed by atoms with Gasteiger partial charge >= 0.3 is 0 Å². The maximum Gasteiger partial charge on any atom is 0.133 e. The van der Waals surface area contributed by atoms with Crippen LogP contribution < -0.4 is 9.47 Å². The molecule has 1 saturated heterocycles. The molecular weight excluding hydrogens is 270 g/mol. The average molecular weight is 286 g/mol. The molecule has 0 unspecified atom stereocenters. The number of ether oxygens (including phenoxy) is 2. The summed E-state index contributed by atoms with van der Waals surface area (Å²) in [7, 11) is 3.38. The SMILES string of the molecule is COc1cc(CN2CCC2)c(OC)cc1Br. The van der Waals surface area contributed by atoms with Gasteiger partial charge in [-0.05, 0) is 47.6 Å². The van der Waals surface area contributed by atoms with E-state index in [1.54, 1.807) is 14.2 Å². The second-order valence-electron chi connectivity index (χ2n) is 3.93. The molecule has 1 aromatic carbocycles. The Morgan fingerprint density at radius 1 is 1.19 bits per heavy atom. The molecule has 0 saturated carbocycles. The molecule has 16 heavy (non-hydrogen) atoms. The first-order valence-corrected chi connectivity index (χ1v) is 6.16. The first-order valence-electron chi connectivity index (χ1n) is 5.37. The third-order valence-electron chi connectivity index (χ3n) is 2.90. The highest BCUT2D eigenvalue weighted by atomic mass is 79.9. The van der Waals surface area contributed by atoms with E-state index >= 15 is 0 Å². The first-order chi connectivity index (χ1) is 7.74. The van der Waals surface area contributed by atoms with Crippen molar-refractivity contribution in [2.75, 3.05) is 27.3 Å². The van der Waals surface area contributed by atoms with Gasteiger partial charge in [0, 0.05) is 12.1 Å². The fourth-order valence-corrected chi connectivity index (χ4v) is 2.31. The van der Waals surface area contributed by atoms with Gasteiger partial charge in [-0.2, -0.15) is 0 Å². The van der Waals surface area contributed by atoms with Gasteiger partial charge in [-0.15, -0.1) is 0 Å². The molecular formula is C12H16BrNO2. The van der Waals surface area contributed by atoms with E-state index in [9.17, 15) is 0 Å². The van der Waals surface area contributed by atoms with Crippen molar-refractivity contribution in [1.82, 2.24) is 4.90 Å². The Bertz CT molecular complexity index is 378. The predicted molar refractivity (Wildman–Crippen MR) is 67.1 cm³/mol. The Morgan fingerprint density at radius 3 is 2.38 bits per heavy atom. The number of likely N-dealkylation sites (tertiary alicyclic amines) is 1. The molecule has 0 N–H and O–H groups in total. The fraction of sp³-hybridized carbons (Fsp3) is 0.500. The van der Waals surface area contributed by atoms with Gasteiger partial charge < -0.3 is 9.47 Å². The fourth-order valence-electron chi connectivity index (χ4n) is 1.83. The van der Waals surface area contributed by atoms with Gasteiger partial charge in [-0.1, -0.05) is 0 Å². The quantitative estimate of drug-likeness (QED) is 0.849. The van der Waals surface area contributed by atoms with Crippen molar-refractivity contribution >= 4 is 15.9 Å². The summed E-state index contributed by atoms with van der Waals surface area (Å²) in [5.41, 5.74) is 1.18.